The van der Waals surface area contributed by atoms with E-state index in [0.29, 0.717) is 52.9 Å². The van der Waals surface area contributed by atoms with Crippen molar-refractivity contribution in [1.29, 1.82) is 0 Å². The molecule has 1 spiro atoms. The van der Waals surface area contributed by atoms with Gasteiger partial charge in [-0.25, -0.2) is 0 Å². The van der Waals surface area contributed by atoms with Gasteiger partial charge in [0.2, 0.25) is 5.91 Å². The third kappa shape index (κ3) is 5.16. The Morgan fingerprint density at radius 1 is 1.03 bits per heavy atom. The lowest BCUT2D eigenvalue weighted by Crippen LogP contribution is -2.60. The van der Waals surface area contributed by atoms with Crippen LogP contribution in [0.1, 0.15) is 47.4 Å². The van der Waals surface area contributed by atoms with Gasteiger partial charge in [0.15, 0.2) is 0 Å². The lowest BCUT2D eigenvalue weighted by Gasteiger charge is -2.44. The van der Waals surface area contributed by atoms with E-state index in [0.717, 1.165) is 0 Å². The second kappa shape index (κ2) is 10.7. The summed E-state index contributed by atoms with van der Waals surface area (Å²) in [6.07, 6.45) is 0.725. The van der Waals surface area contributed by atoms with Crippen LogP contribution in [0.3, 0.4) is 0 Å². The van der Waals surface area contributed by atoms with Crippen molar-refractivity contribution in [1.82, 2.24) is 15.1 Å². The van der Waals surface area contributed by atoms with Crippen molar-refractivity contribution < 1.29 is 23.9 Å². The van der Waals surface area contributed by atoms with Gasteiger partial charge in [0.25, 0.3) is 11.8 Å². The lowest BCUT2D eigenvalue weighted by molar-refractivity contribution is -0.128. The summed E-state index contributed by atoms with van der Waals surface area (Å²) in [6.45, 7) is 4.50. The van der Waals surface area contributed by atoms with Crippen LogP contribution in [-0.4, -0.2) is 72.1 Å². The lowest BCUT2D eigenvalue weighted by atomic mass is 9.96. The maximum atomic E-state index is 13.8. The number of halogens is 2. The zero-order valence-corrected chi connectivity index (χ0v) is 21.9. The van der Waals surface area contributed by atoms with Crippen LogP contribution in [0.25, 0.3) is 0 Å². The number of likely N-dealkylation sites (tertiary alicyclic amines) is 1. The predicted octanol–water partition coefficient (Wildman–Crippen LogP) is 4.00. The molecule has 2 aliphatic heterocycles. The smallest absolute Gasteiger partial charge is 0.257 e. The zero-order valence-electron chi connectivity index (χ0n) is 20.4. The molecule has 36 heavy (non-hydrogen) atoms. The first-order valence-corrected chi connectivity index (χ1v) is 12.6. The van der Waals surface area contributed by atoms with Crippen molar-refractivity contribution in [3.05, 3.63) is 63.6 Å². The highest BCUT2D eigenvalue weighted by molar-refractivity contribution is 6.42. The maximum Gasteiger partial charge on any atom is 0.257 e. The van der Waals surface area contributed by atoms with Crippen LogP contribution in [0.5, 0.6) is 5.75 Å². The number of carbonyl (C=O) groups is 3. The Labute approximate surface area is 220 Å². The molecule has 2 fully saturated rings. The Kier molecular flexibility index (Phi) is 7.78. The van der Waals surface area contributed by atoms with Crippen molar-refractivity contribution in [2.75, 3.05) is 26.8 Å². The number of hydrogen-bond donors (Lipinski definition) is 1. The molecule has 1 unspecified atom stereocenters. The fraction of sp³-hybridized carbons (Fsp3) is 0.423. The first-order chi connectivity index (χ1) is 17.1. The van der Waals surface area contributed by atoms with Crippen molar-refractivity contribution in [3.63, 3.8) is 0 Å². The molecule has 0 aliphatic carbocycles. The monoisotopic (exact) mass is 533 g/mol. The normalized spacial score (nSPS) is 19.0. The molecule has 2 aromatic rings. The molecule has 1 atom stereocenters. The van der Waals surface area contributed by atoms with Crippen LogP contribution in [0.4, 0.5) is 0 Å². The predicted molar refractivity (Wildman–Crippen MR) is 137 cm³/mol. The number of nitrogens with zero attached hydrogens (tertiary/aromatic N) is 2. The summed E-state index contributed by atoms with van der Waals surface area (Å²) in [6, 6.07) is 10.7. The number of carbonyl (C=O) groups excluding carboxylic acids is 3. The van der Waals surface area contributed by atoms with E-state index >= 15 is 0 Å². The molecule has 3 amide bonds. The van der Waals surface area contributed by atoms with E-state index in [-0.39, 0.29) is 30.4 Å². The van der Waals surface area contributed by atoms with Crippen LogP contribution in [-0.2, 0) is 9.53 Å². The van der Waals surface area contributed by atoms with Crippen LogP contribution < -0.4 is 10.1 Å². The molecule has 4 rings (SSSR count). The largest absolute Gasteiger partial charge is 0.497 e. The Bertz CT molecular complexity index is 1160. The van der Waals surface area contributed by atoms with Crippen molar-refractivity contribution >= 4 is 40.9 Å². The molecule has 2 heterocycles. The maximum absolute atomic E-state index is 13.8. The second-order valence-corrected chi connectivity index (χ2v) is 10.1. The SMILES string of the molecule is COc1cccc(C(=O)N2C(C(=O)NC(C)C)COC23CCN(C(=O)c2ccc(Cl)c(Cl)c2)CC3)c1. The van der Waals surface area contributed by atoms with Gasteiger partial charge in [-0.2, -0.15) is 0 Å². The summed E-state index contributed by atoms with van der Waals surface area (Å²) in [5.74, 6) is -0.228. The van der Waals surface area contributed by atoms with Gasteiger partial charge in [-0.15, -0.1) is 0 Å². The molecule has 192 valence electrons. The standard InChI is InChI=1S/C26H29Cl2N3O5/c1-16(2)29-23(32)22-15-36-26(31(22)25(34)17-5-4-6-19(13-17)35-3)9-11-30(12-10-26)24(33)18-7-8-20(27)21(28)14-18/h4-8,13-14,16,22H,9-12,15H2,1-3H3,(H,29,32). The van der Waals surface area contributed by atoms with Gasteiger partial charge < -0.3 is 19.7 Å². The molecule has 2 aromatic carbocycles. The topological polar surface area (TPSA) is 88.2 Å². The number of hydrogen-bond acceptors (Lipinski definition) is 5. The van der Waals surface area contributed by atoms with Crippen LogP contribution >= 0.6 is 23.2 Å². The molecular weight excluding hydrogens is 505 g/mol. The fourth-order valence-electron chi connectivity index (χ4n) is 4.71. The van der Waals surface area contributed by atoms with E-state index < -0.39 is 11.8 Å². The second-order valence-electron chi connectivity index (χ2n) is 9.26. The fourth-order valence-corrected chi connectivity index (χ4v) is 5.01. The Hall–Kier alpha value is -2.81. The van der Waals surface area contributed by atoms with Gasteiger partial charge in [-0.1, -0.05) is 29.3 Å². The number of methoxy groups -OCH3 is 1. The minimum Gasteiger partial charge on any atom is -0.497 e. The summed E-state index contributed by atoms with van der Waals surface area (Å²) in [7, 11) is 1.53. The average Bonchev–Trinajstić information content (AvgIpc) is 3.23. The molecule has 10 heteroatoms. The summed E-state index contributed by atoms with van der Waals surface area (Å²) < 4.78 is 11.5. The van der Waals surface area contributed by atoms with E-state index in [1.54, 1.807) is 52.3 Å². The number of amides is 3. The van der Waals surface area contributed by atoms with Crippen LogP contribution in [0, 0.1) is 0 Å². The van der Waals surface area contributed by atoms with Gasteiger partial charge in [0.05, 0.1) is 23.8 Å². The van der Waals surface area contributed by atoms with Crippen LogP contribution in [0.2, 0.25) is 10.0 Å². The number of ether oxygens (including phenoxy) is 2. The Morgan fingerprint density at radius 2 is 1.72 bits per heavy atom. The summed E-state index contributed by atoms with van der Waals surface area (Å²) in [5, 5.41) is 3.59. The highest BCUT2D eigenvalue weighted by Crippen LogP contribution is 2.39. The minimum atomic E-state index is -1.01. The van der Waals surface area contributed by atoms with Gasteiger partial charge >= 0.3 is 0 Å². The Balaban J connectivity index is 1.59. The average molecular weight is 534 g/mol. The summed E-state index contributed by atoms with van der Waals surface area (Å²) >= 11 is 12.1. The quantitative estimate of drug-likeness (QED) is 0.627. The number of rotatable bonds is 5. The summed E-state index contributed by atoms with van der Waals surface area (Å²) in [4.78, 5) is 43.2. The van der Waals surface area contributed by atoms with Gasteiger partial charge in [-0.3, -0.25) is 19.3 Å². The molecule has 0 saturated carbocycles. The first kappa shape index (κ1) is 26.3. The van der Waals surface area contributed by atoms with Crippen molar-refractivity contribution in [2.45, 2.75) is 44.5 Å². The van der Waals surface area contributed by atoms with E-state index in [1.165, 1.54) is 7.11 Å². The number of piperidine rings is 1. The minimum absolute atomic E-state index is 0.0784. The van der Waals surface area contributed by atoms with E-state index in [2.05, 4.69) is 5.32 Å². The molecule has 0 aromatic heterocycles. The molecule has 1 N–H and O–H groups in total. The third-order valence-electron chi connectivity index (χ3n) is 6.53. The highest BCUT2D eigenvalue weighted by Gasteiger charge is 2.54. The van der Waals surface area contributed by atoms with Crippen LogP contribution in [0.15, 0.2) is 42.5 Å². The van der Waals surface area contributed by atoms with Gasteiger partial charge in [0.1, 0.15) is 17.5 Å². The van der Waals surface area contributed by atoms with Gasteiger partial charge in [0, 0.05) is 43.1 Å². The van der Waals surface area contributed by atoms with Gasteiger partial charge in [-0.05, 0) is 50.2 Å². The zero-order chi connectivity index (χ0) is 26.0. The molecular formula is C26H29Cl2N3O5. The summed E-state index contributed by atoms with van der Waals surface area (Å²) in [5.41, 5.74) is -0.171. The van der Waals surface area contributed by atoms with Crippen molar-refractivity contribution in [3.8, 4) is 5.75 Å². The molecule has 0 radical (unpaired) electrons. The molecule has 0 bridgehead atoms. The van der Waals surface area contributed by atoms with E-state index in [1.807, 2.05) is 13.8 Å². The van der Waals surface area contributed by atoms with Crippen molar-refractivity contribution in [2.24, 2.45) is 0 Å². The van der Waals surface area contributed by atoms with E-state index in [9.17, 15) is 14.4 Å². The number of nitrogens with one attached hydrogen (secondary N) is 1. The van der Waals surface area contributed by atoms with E-state index in [4.69, 9.17) is 32.7 Å². The molecule has 2 aliphatic rings. The highest BCUT2D eigenvalue weighted by atomic mass is 35.5. The molecule has 2 saturated heterocycles. The third-order valence-corrected chi connectivity index (χ3v) is 7.27. The molecule has 8 nitrogen and oxygen atoms in total. The Morgan fingerprint density at radius 3 is 2.36 bits per heavy atom. The first-order valence-electron chi connectivity index (χ1n) is 11.8. The number of benzene rings is 2.